The van der Waals surface area contributed by atoms with Crippen molar-refractivity contribution in [3.63, 3.8) is 0 Å². The van der Waals surface area contributed by atoms with Gasteiger partial charge in [0.1, 0.15) is 0 Å². The number of carboxylic acids is 1. The molecule has 3 heteroatoms. The van der Waals surface area contributed by atoms with Crippen LogP contribution in [0.15, 0.2) is 18.4 Å². The van der Waals surface area contributed by atoms with Crippen LogP contribution in [0.4, 0.5) is 0 Å². The molecule has 0 atom stereocenters. The Morgan fingerprint density at radius 2 is 2.13 bits per heavy atom. The molecule has 0 saturated heterocycles. The summed E-state index contributed by atoms with van der Waals surface area (Å²) in [7, 11) is 0. The number of hydrogen-bond acceptors (Lipinski definition) is 2. The Morgan fingerprint density at radius 3 is 2.67 bits per heavy atom. The van der Waals surface area contributed by atoms with Crippen molar-refractivity contribution in [3.05, 3.63) is 18.4 Å². The molecule has 0 aromatic heterocycles. The van der Waals surface area contributed by atoms with Gasteiger partial charge in [-0.3, -0.25) is 4.79 Å². The lowest BCUT2D eigenvalue weighted by Gasteiger charge is -2.25. The van der Waals surface area contributed by atoms with E-state index >= 15 is 0 Å². The van der Waals surface area contributed by atoms with Gasteiger partial charge in [0.25, 0.3) is 0 Å². The van der Waals surface area contributed by atoms with Crippen LogP contribution in [0.25, 0.3) is 0 Å². The van der Waals surface area contributed by atoms with Gasteiger partial charge in [-0.1, -0.05) is 6.58 Å². The van der Waals surface area contributed by atoms with Crippen molar-refractivity contribution in [1.29, 1.82) is 0 Å². The summed E-state index contributed by atoms with van der Waals surface area (Å²) in [6.45, 7) is 5.27. The van der Waals surface area contributed by atoms with E-state index in [-0.39, 0.29) is 5.92 Å². The van der Waals surface area contributed by atoms with Gasteiger partial charge in [-0.2, -0.15) is 0 Å². The quantitative estimate of drug-likeness (QED) is 0.536. The van der Waals surface area contributed by atoms with Gasteiger partial charge >= 0.3 is 5.97 Å². The largest absolute Gasteiger partial charge is 0.481 e. The van der Waals surface area contributed by atoms with Crippen molar-refractivity contribution in [2.75, 3.05) is 13.1 Å². The first-order valence-corrected chi connectivity index (χ1v) is 5.52. The Hall–Kier alpha value is -1.05. The third-order valence-electron chi connectivity index (χ3n) is 3.02. The predicted octanol–water partition coefficient (Wildman–Crippen LogP) is 1.81. The molecule has 0 radical (unpaired) electrons. The molecule has 1 saturated carbocycles. The minimum absolute atomic E-state index is 0.102. The number of nitrogens with one attached hydrogen (secondary N) is 1. The van der Waals surface area contributed by atoms with E-state index in [1.807, 2.05) is 6.08 Å². The molecule has 0 unspecified atom stereocenters. The molecule has 0 aliphatic heterocycles. The zero-order chi connectivity index (χ0) is 11.1. The van der Waals surface area contributed by atoms with Crippen LogP contribution in [0.2, 0.25) is 0 Å². The van der Waals surface area contributed by atoms with Gasteiger partial charge in [-0.25, -0.2) is 0 Å². The highest BCUT2D eigenvalue weighted by Crippen LogP contribution is 2.28. The Morgan fingerprint density at radius 1 is 1.47 bits per heavy atom. The Bertz CT molecular complexity index is 246. The molecule has 1 rings (SSSR count). The van der Waals surface area contributed by atoms with Crippen LogP contribution in [0, 0.1) is 11.8 Å². The SMILES string of the molecule is C=C=CCNCC1CCC(C(=O)O)CC1. The summed E-state index contributed by atoms with van der Waals surface area (Å²) in [5.41, 5.74) is 2.71. The van der Waals surface area contributed by atoms with E-state index in [0.29, 0.717) is 5.92 Å². The van der Waals surface area contributed by atoms with E-state index in [0.717, 1.165) is 38.8 Å². The molecule has 0 amide bonds. The predicted molar refractivity (Wildman–Crippen MR) is 59.7 cm³/mol. The lowest BCUT2D eigenvalue weighted by molar-refractivity contribution is -0.143. The first-order chi connectivity index (χ1) is 7.24. The van der Waals surface area contributed by atoms with Crippen molar-refractivity contribution in [2.24, 2.45) is 11.8 Å². The average molecular weight is 209 g/mol. The highest BCUT2D eigenvalue weighted by molar-refractivity contribution is 5.69. The zero-order valence-electron chi connectivity index (χ0n) is 9.04. The van der Waals surface area contributed by atoms with Crippen molar-refractivity contribution in [3.8, 4) is 0 Å². The van der Waals surface area contributed by atoms with Crippen LogP contribution in [0.5, 0.6) is 0 Å². The lowest BCUT2D eigenvalue weighted by Crippen LogP contribution is -2.28. The first kappa shape index (κ1) is 12.0. The summed E-state index contributed by atoms with van der Waals surface area (Å²) in [6, 6.07) is 0. The molecule has 1 fully saturated rings. The molecule has 0 aromatic rings. The normalized spacial score (nSPS) is 25.6. The van der Waals surface area contributed by atoms with Crippen LogP contribution in [0.3, 0.4) is 0 Å². The van der Waals surface area contributed by atoms with Gasteiger partial charge in [-0.15, -0.1) is 5.73 Å². The number of aliphatic carboxylic acids is 1. The highest BCUT2D eigenvalue weighted by atomic mass is 16.4. The number of carbonyl (C=O) groups is 1. The monoisotopic (exact) mass is 209 g/mol. The summed E-state index contributed by atoms with van der Waals surface area (Å²) in [4.78, 5) is 10.7. The summed E-state index contributed by atoms with van der Waals surface area (Å²) in [6.07, 6.45) is 5.59. The van der Waals surface area contributed by atoms with Crippen LogP contribution in [-0.2, 0) is 4.79 Å². The fourth-order valence-corrected chi connectivity index (χ4v) is 2.05. The standard InChI is InChI=1S/C12H19NO2/c1-2-3-8-13-9-10-4-6-11(7-5-10)12(14)15/h3,10-11,13H,1,4-9H2,(H,14,15). The molecule has 15 heavy (non-hydrogen) atoms. The number of rotatable bonds is 5. The van der Waals surface area contributed by atoms with Crippen molar-refractivity contribution in [2.45, 2.75) is 25.7 Å². The molecule has 1 aliphatic carbocycles. The molecule has 2 N–H and O–H groups in total. The van der Waals surface area contributed by atoms with Gasteiger partial charge in [0.2, 0.25) is 0 Å². The molecule has 0 spiro atoms. The van der Waals surface area contributed by atoms with Gasteiger partial charge < -0.3 is 10.4 Å². The summed E-state index contributed by atoms with van der Waals surface area (Å²) in [5, 5.41) is 12.1. The Labute approximate surface area is 90.9 Å². The second-order valence-corrected chi connectivity index (χ2v) is 4.12. The van der Waals surface area contributed by atoms with E-state index in [9.17, 15) is 4.79 Å². The van der Waals surface area contributed by atoms with E-state index in [2.05, 4.69) is 17.6 Å². The molecule has 0 aromatic carbocycles. The first-order valence-electron chi connectivity index (χ1n) is 5.52. The van der Waals surface area contributed by atoms with Crippen molar-refractivity contribution in [1.82, 2.24) is 5.32 Å². The lowest BCUT2D eigenvalue weighted by atomic mass is 9.82. The Balaban J connectivity index is 2.14. The third kappa shape index (κ3) is 4.32. The van der Waals surface area contributed by atoms with Crippen molar-refractivity contribution >= 4 is 5.97 Å². The van der Waals surface area contributed by atoms with Gasteiger partial charge in [0.05, 0.1) is 5.92 Å². The van der Waals surface area contributed by atoms with E-state index in [4.69, 9.17) is 5.11 Å². The van der Waals surface area contributed by atoms with Crippen LogP contribution in [-0.4, -0.2) is 24.2 Å². The maximum absolute atomic E-state index is 10.7. The topological polar surface area (TPSA) is 49.3 Å². The second-order valence-electron chi connectivity index (χ2n) is 4.12. The summed E-state index contributed by atoms with van der Waals surface area (Å²) in [5.74, 6) is -0.0934. The van der Waals surface area contributed by atoms with Gasteiger partial charge in [-0.05, 0) is 44.2 Å². The second kappa shape index (κ2) is 6.44. The molecule has 0 bridgehead atoms. The minimum atomic E-state index is -0.629. The van der Waals surface area contributed by atoms with Crippen molar-refractivity contribution < 1.29 is 9.90 Å². The van der Waals surface area contributed by atoms with Gasteiger partial charge in [0, 0.05) is 6.54 Å². The smallest absolute Gasteiger partial charge is 0.306 e. The highest BCUT2D eigenvalue weighted by Gasteiger charge is 2.25. The molecule has 84 valence electrons. The van der Waals surface area contributed by atoms with Crippen LogP contribution in [0.1, 0.15) is 25.7 Å². The summed E-state index contributed by atoms with van der Waals surface area (Å²) >= 11 is 0. The Kier molecular flexibility index (Phi) is 5.16. The van der Waals surface area contributed by atoms with Crippen LogP contribution >= 0.6 is 0 Å². The zero-order valence-corrected chi connectivity index (χ0v) is 9.04. The maximum Gasteiger partial charge on any atom is 0.306 e. The van der Waals surface area contributed by atoms with E-state index < -0.39 is 5.97 Å². The number of carboxylic acid groups (broad SMARTS) is 1. The number of hydrogen-bond donors (Lipinski definition) is 2. The average Bonchev–Trinajstić information content (AvgIpc) is 2.25. The van der Waals surface area contributed by atoms with Crippen LogP contribution < -0.4 is 5.32 Å². The third-order valence-corrected chi connectivity index (χ3v) is 3.02. The maximum atomic E-state index is 10.7. The van der Waals surface area contributed by atoms with E-state index in [1.165, 1.54) is 0 Å². The molecule has 0 heterocycles. The molecular weight excluding hydrogens is 190 g/mol. The van der Waals surface area contributed by atoms with E-state index in [1.54, 1.807) is 0 Å². The molecular formula is C12H19NO2. The molecule has 3 nitrogen and oxygen atoms in total. The fraction of sp³-hybridized carbons (Fsp3) is 0.667. The minimum Gasteiger partial charge on any atom is -0.481 e. The molecule has 1 aliphatic rings. The summed E-state index contributed by atoms with van der Waals surface area (Å²) < 4.78 is 0. The van der Waals surface area contributed by atoms with Gasteiger partial charge in [0.15, 0.2) is 0 Å². The fourth-order valence-electron chi connectivity index (χ4n) is 2.05.